The topological polar surface area (TPSA) is 78.9 Å². The first kappa shape index (κ1) is 12.8. The van der Waals surface area contributed by atoms with Crippen LogP contribution in [0, 0.1) is 0 Å². The molecule has 2 atom stereocenters. The Bertz CT molecular complexity index is 264. The van der Waals surface area contributed by atoms with E-state index >= 15 is 0 Å². The van der Waals surface area contributed by atoms with Crippen molar-refractivity contribution in [3.8, 4) is 0 Å². The highest BCUT2D eigenvalue weighted by molar-refractivity contribution is 5.86. The molecule has 0 radical (unpaired) electrons. The van der Waals surface area contributed by atoms with E-state index in [0.29, 0.717) is 13.1 Å². The number of carboxylic acid groups (broad SMARTS) is 1. The molecule has 6 heteroatoms. The second-order valence-corrected chi connectivity index (χ2v) is 3.90. The first-order valence-electron chi connectivity index (χ1n) is 5.37. The predicted octanol–water partition coefficient (Wildman–Crippen LogP) is 0.280. The van der Waals surface area contributed by atoms with E-state index in [-0.39, 0.29) is 5.91 Å². The summed E-state index contributed by atoms with van der Waals surface area (Å²) in [5.74, 6) is -0.200. The lowest BCUT2D eigenvalue weighted by molar-refractivity contribution is -0.135. The monoisotopic (exact) mass is 230 g/mol. The fourth-order valence-electron chi connectivity index (χ4n) is 1.78. The Balaban J connectivity index is 2.66. The summed E-state index contributed by atoms with van der Waals surface area (Å²) in [5.41, 5.74) is 0. The molecule has 92 valence electrons. The van der Waals surface area contributed by atoms with E-state index in [1.807, 2.05) is 0 Å². The molecule has 0 spiro atoms. The zero-order chi connectivity index (χ0) is 12.1. The molecule has 1 fully saturated rings. The number of hydrogen-bond acceptors (Lipinski definition) is 3. The van der Waals surface area contributed by atoms with Gasteiger partial charge in [0.05, 0.1) is 6.10 Å². The van der Waals surface area contributed by atoms with E-state index in [1.54, 1.807) is 11.8 Å². The predicted molar refractivity (Wildman–Crippen MR) is 57.2 cm³/mol. The molecule has 0 unspecified atom stereocenters. The van der Waals surface area contributed by atoms with Gasteiger partial charge in [-0.3, -0.25) is 4.79 Å². The van der Waals surface area contributed by atoms with Crippen molar-refractivity contribution < 1.29 is 19.4 Å². The van der Waals surface area contributed by atoms with Gasteiger partial charge in [-0.1, -0.05) is 0 Å². The van der Waals surface area contributed by atoms with Crippen LogP contribution in [-0.2, 0) is 9.53 Å². The number of carbonyl (C=O) groups is 2. The van der Waals surface area contributed by atoms with Crippen LogP contribution in [0.15, 0.2) is 0 Å². The van der Waals surface area contributed by atoms with Crippen LogP contribution in [0.2, 0.25) is 0 Å². The minimum absolute atomic E-state index is 0.200. The van der Waals surface area contributed by atoms with Crippen LogP contribution >= 0.6 is 0 Å². The van der Waals surface area contributed by atoms with Gasteiger partial charge in [0.25, 0.3) is 0 Å². The fourth-order valence-corrected chi connectivity index (χ4v) is 1.78. The molecule has 2 N–H and O–H groups in total. The molecule has 0 bridgehead atoms. The average molecular weight is 230 g/mol. The maximum absolute atomic E-state index is 12.0. The van der Waals surface area contributed by atoms with Crippen LogP contribution in [-0.4, -0.2) is 54.4 Å². The van der Waals surface area contributed by atoms with Crippen molar-refractivity contribution >= 4 is 12.0 Å². The van der Waals surface area contributed by atoms with Crippen LogP contribution in [0.4, 0.5) is 4.79 Å². The normalized spacial score (nSPS) is 19.2. The molecule has 6 nitrogen and oxygen atoms in total. The highest BCUT2D eigenvalue weighted by Gasteiger charge is 2.31. The lowest BCUT2D eigenvalue weighted by Crippen LogP contribution is -2.53. The quantitative estimate of drug-likeness (QED) is 0.727. The number of likely N-dealkylation sites (tertiary alicyclic amines) is 1. The summed E-state index contributed by atoms with van der Waals surface area (Å²) in [6.45, 7) is 3.08. The van der Waals surface area contributed by atoms with Gasteiger partial charge in [0.1, 0.15) is 6.04 Å². The Labute approximate surface area is 94.6 Å². The van der Waals surface area contributed by atoms with Crippen LogP contribution in [0.3, 0.4) is 0 Å². The van der Waals surface area contributed by atoms with Crippen molar-refractivity contribution in [2.24, 2.45) is 0 Å². The van der Waals surface area contributed by atoms with E-state index in [2.05, 4.69) is 5.32 Å². The Kier molecular flexibility index (Phi) is 4.54. The maximum atomic E-state index is 12.0. The third kappa shape index (κ3) is 3.10. The molecule has 1 aliphatic heterocycles. The summed E-state index contributed by atoms with van der Waals surface area (Å²) in [7, 11) is 1.46. The molecule has 0 aliphatic carbocycles. The Morgan fingerprint density at radius 2 is 1.94 bits per heavy atom. The number of methoxy groups -OCH3 is 1. The van der Waals surface area contributed by atoms with Gasteiger partial charge in [0.2, 0.25) is 5.91 Å². The second kappa shape index (κ2) is 5.69. The van der Waals surface area contributed by atoms with Gasteiger partial charge in [-0.15, -0.1) is 0 Å². The van der Waals surface area contributed by atoms with Crippen LogP contribution < -0.4 is 5.32 Å². The SMILES string of the molecule is CO[C@H](C)[C@H](NC(=O)O)C(=O)N1CCCC1. The van der Waals surface area contributed by atoms with Crippen molar-refractivity contribution in [3.05, 3.63) is 0 Å². The molecule has 0 aromatic carbocycles. The Hall–Kier alpha value is -1.30. The second-order valence-electron chi connectivity index (χ2n) is 3.90. The first-order chi connectivity index (χ1) is 7.56. The largest absolute Gasteiger partial charge is 0.465 e. The highest BCUT2D eigenvalue weighted by atomic mass is 16.5. The first-order valence-corrected chi connectivity index (χ1v) is 5.37. The molecule has 1 aliphatic rings. The molecule has 2 amide bonds. The summed E-state index contributed by atoms with van der Waals surface area (Å²) in [4.78, 5) is 24.3. The van der Waals surface area contributed by atoms with Crippen LogP contribution in [0.25, 0.3) is 0 Å². The maximum Gasteiger partial charge on any atom is 0.405 e. The summed E-state index contributed by atoms with van der Waals surface area (Å²) in [6.07, 6.45) is 0.283. The average Bonchev–Trinajstić information content (AvgIpc) is 2.77. The summed E-state index contributed by atoms with van der Waals surface area (Å²) in [6, 6.07) is -0.819. The van der Waals surface area contributed by atoms with E-state index in [1.165, 1.54) is 7.11 Å². The van der Waals surface area contributed by atoms with Gasteiger partial charge < -0.3 is 20.1 Å². The molecular formula is C10H18N2O4. The standard InChI is InChI=1S/C10H18N2O4/c1-7(16-2)8(11-10(14)15)9(13)12-5-3-4-6-12/h7-8,11H,3-6H2,1-2H3,(H,14,15)/t7-,8+/m1/s1. The van der Waals surface area contributed by atoms with Crippen molar-refractivity contribution in [1.82, 2.24) is 10.2 Å². The number of nitrogens with zero attached hydrogens (tertiary/aromatic N) is 1. The Morgan fingerprint density at radius 1 is 1.38 bits per heavy atom. The summed E-state index contributed by atoms with van der Waals surface area (Å²) < 4.78 is 5.02. The highest BCUT2D eigenvalue weighted by Crippen LogP contribution is 2.11. The molecule has 0 saturated carbocycles. The van der Waals surface area contributed by atoms with E-state index in [9.17, 15) is 9.59 Å². The fraction of sp³-hybridized carbons (Fsp3) is 0.800. The minimum atomic E-state index is -1.21. The number of ether oxygens (including phenoxy) is 1. The van der Waals surface area contributed by atoms with E-state index < -0.39 is 18.2 Å². The van der Waals surface area contributed by atoms with Gasteiger partial charge in [0, 0.05) is 20.2 Å². The smallest absolute Gasteiger partial charge is 0.405 e. The van der Waals surface area contributed by atoms with Crippen LogP contribution in [0.5, 0.6) is 0 Å². The summed E-state index contributed by atoms with van der Waals surface area (Å²) in [5, 5.41) is 10.9. The van der Waals surface area contributed by atoms with Gasteiger partial charge in [-0.2, -0.15) is 0 Å². The van der Waals surface area contributed by atoms with Gasteiger partial charge in [-0.05, 0) is 19.8 Å². The Morgan fingerprint density at radius 3 is 2.38 bits per heavy atom. The van der Waals surface area contributed by atoms with Crippen LogP contribution in [0.1, 0.15) is 19.8 Å². The van der Waals surface area contributed by atoms with Gasteiger partial charge in [-0.25, -0.2) is 4.79 Å². The number of nitrogens with one attached hydrogen (secondary N) is 1. The summed E-state index contributed by atoms with van der Waals surface area (Å²) >= 11 is 0. The molecule has 1 rings (SSSR count). The zero-order valence-electron chi connectivity index (χ0n) is 9.60. The molecule has 1 heterocycles. The molecule has 16 heavy (non-hydrogen) atoms. The number of rotatable bonds is 4. The van der Waals surface area contributed by atoms with Gasteiger partial charge in [0.15, 0.2) is 0 Å². The molecule has 0 aromatic heterocycles. The van der Waals surface area contributed by atoms with E-state index in [0.717, 1.165) is 12.8 Å². The van der Waals surface area contributed by atoms with Crippen molar-refractivity contribution in [1.29, 1.82) is 0 Å². The zero-order valence-corrected chi connectivity index (χ0v) is 9.60. The van der Waals surface area contributed by atoms with Crippen molar-refractivity contribution in [2.45, 2.75) is 31.9 Å². The third-order valence-electron chi connectivity index (χ3n) is 2.80. The van der Waals surface area contributed by atoms with E-state index in [4.69, 9.17) is 9.84 Å². The minimum Gasteiger partial charge on any atom is -0.465 e. The van der Waals surface area contributed by atoms with Crippen molar-refractivity contribution in [2.75, 3.05) is 20.2 Å². The number of carbonyl (C=O) groups excluding carboxylic acids is 1. The molecule has 1 saturated heterocycles. The third-order valence-corrected chi connectivity index (χ3v) is 2.80. The number of hydrogen-bond donors (Lipinski definition) is 2. The van der Waals surface area contributed by atoms with Crippen molar-refractivity contribution in [3.63, 3.8) is 0 Å². The molecule has 0 aromatic rings. The lowest BCUT2D eigenvalue weighted by Gasteiger charge is -2.26. The lowest BCUT2D eigenvalue weighted by atomic mass is 10.1. The molecular weight excluding hydrogens is 212 g/mol. The number of amides is 2. The van der Waals surface area contributed by atoms with Gasteiger partial charge >= 0.3 is 6.09 Å².